The standard InChI is InChI=1S/C48H64N8/c1-53(2)26-22-34-30-49-43-35(34)14-11-16-37(43)47(24-28-55(5)6)32-51-45-39(47)18-13-20-41(45)48(25-29-56(7)8)33-52-44-38(17-12-19-40(44)48)46(23-27-54(3)4)31-50-42-21-10-9-15-36(42)46/h9-21,30,49-52H,22-29,31-33H2,1-8H3/t46-,47+,48-/m1/s1. The lowest BCUT2D eigenvalue weighted by Crippen LogP contribution is -2.35. The zero-order valence-corrected chi connectivity index (χ0v) is 35.1. The van der Waals surface area contributed by atoms with Gasteiger partial charge in [-0.15, -0.1) is 0 Å². The molecule has 0 saturated carbocycles. The van der Waals surface area contributed by atoms with Crippen LogP contribution < -0.4 is 16.0 Å². The molecule has 0 spiro atoms. The van der Waals surface area contributed by atoms with E-state index in [4.69, 9.17) is 0 Å². The molecule has 0 amide bonds. The molecule has 3 aliphatic heterocycles. The van der Waals surface area contributed by atoms with Crippen LogP contribution >= 0.6 is 0 Å². The lowest BCUT2D eigenvalue weighted by molar-refractivity contribution is 0.353. The first-order chi connectivity index (χ1) is 27.0. The monoisotopic (exact) mass is 753 g/mol. The molecule has 4 aromatic carbocycles. The highest BCUT2D eigenvalue weighted by Crippen LogP contribution is 2.56. The third-order valence-electron chi connectivity index (χ3n) is 13.5. The number of hydrogen-bond acceptors (Lipinski definition) is 7. The molecule has 3 aliphatic rings. The highest BCUT2D eigenvalue weighted by Gasteiger charge is 2.50. The van der Waals surface area contributed by atoms with Gasteiger partial charge in [0.1, 0.15) is 0 Å². The molecule has 4 heterocycles. The number of likely N-dealkylation sites (N-methyl/N-ethyl adjacent to an activating group) is 1. The summed E-state index contributed by atoms with van der Waals surface area (Å²) in [5, 5.41) is 13.5. The number of H-pyrrole nitrogens is 1. The van der Waals surface area contributed by atoms with Crippen LogP contribution in [0.3, 0.4) is 0 Å². The number of fused-ring (bicyclic) bond motifs is 4. The van der Waals surface area contributed by atoms with Crippen molar-refractivity contribution in [1.82, 2.24) is 24.6 Å². The maximum absolute atomic E-state index is 4.14. The summed E-state index contributed by atoms with van der Waals surface area (Å²) in [4.78, 5) is 13.1. The molecule has 8 rings (SSSR count). The smallest absolute Gasteiger partial charge is 0.0499 e. The molecule has 0 aliphatic carbocycles. The molecule has 56 heavy (non-hydrogen) atoms. The van der Waals surface area contributed by atoms with Crippen LogP contribution in [0.25, 0.3) is 10.9 Å². The fourth-order valence-corrected chi connectivity index (χ4v) is 10.3. The Bertz CT molecular complexity index is 2180. The van der Waals surface area contributed by atoms with Crippen LogP contribution in [0.1, 0.15) is 58.2 Å². The predicted octanol–water partition coefficient (Wildman–Crippen LogP) is 7.26. The fraction of sp³-hybridized carbons (Fsp3) is 0.458. The minimum atomic E-state index is -0.211. The Kier molecular flexibility index (Phi) is 10.5. The van der Waals surface area contributed by atoms with Gasteiger partial charge in [-0.1, -0.05) is 72.8 Å². The van der Waals surface area contributed by atoms with Gasteiger partial charge in [0, 0.05) is 76.6 Å². The molecule has 0 radical (unpaired) electrons. The van der Waals surface area contributed by atoms with Gasteiger partial charge in [0.25, 0.3) is 0 Å². The molecule has 8 nitrogen and oxygen atoms in total. The minimum absolute atomic E-state index is 0.130. The second kappa shape index (κ2) is 15.2. The zero-order valence-electron chi connectivity index (χ0n) is 35.1. The Hall–Kier alpha value is -4.34. The summed E-state index contributed by atoms with van der Waals surface area (Å²) in [6.45, 7) is 6.69. The van der Waals surface area contributed by atoms with E-state index in [1.54, 1.807) is 0 Å². The molecular formula is C48H64N8. The highest BCUT2D eigenvalue weighted by molar-refractivity contribution is 5.89. The second-order valence-corrected chi connectivity index (χ2v) is 18.1. The average molecular weight is 753 g/mol. The summed E-state index contributed by atoms with van der Waals surface area (Å²) in [5.74, 6) is 0. The third-order valence-corrected chi connectivity index (χ3v) is 13.5. The van der Waals surface area contributed by atoms with E-state index in [9.17, 15) is 0 Å². The number of nitrogens with zero attached hydrogens (tertiary/aromatic N) is 4. The van der Waals surface area contributed by atoms with Crippen molar-refractivity contribution >= 4 is 28.0 Å². The molecule has 296 valence electrons. The van der Waals surface area contributed by atoms with Crippen LogP contribution in [0.15, 0.2) is 85.1 Å². The van der Waals surface area contributed by atoms with Crippen molar-refractivity contribution < 1.29 is 0 Å². The van der Waals surface area contributed by atoms with Gasteiger partial charge in [-0.25, -0.2) is 0 Å². The summed E-state index contributed by atoms with van der Waals surface area (Å²) in [6.07, 6.45) is 6.38. The predicted molar refractivity (Wildman–Crippen MR) is 237 cm³/mol. The molecule has 0 unspecified atom stereocenters. The van der Waals surface area contributed by atoms with Crippen LogP contribution in [0.4, 0.5) is 17.1 Å². The molecule has 4 N–H and O–H groups in total. The lowest BCUT2D eigenvalue weighted by atomic mass is 9.67. The van der Waals surface area contributed by atoms with Gasteiger partial charge < -0.3 is 40.5 Å². The van der Waals surface area contributed by atoms with Crippen molar-refractivity contribution in [1.29, 1.82) is 0 Å². The SMILES string of the molecule is CN(C)CCc1c[nH]c2c([C@]3(CCN(C)C)CNc4c([C@]5(CCN(C)C)CNc6c([C@]7(CCN(C)C)CNc8ccccc87)cccc65)cccc43)cccc12. The fourth-order valence-electron chi connectivity index (χ4n) is 10.3. The van der Waals surface area contributed by atoms with Gasteiger partial charge in [0.05, 0.1) is 0 Å². The quantitative estimate of drug-likeness (QED) is 0.0899. The van der Waals surface area contributed by atoms with Crippen molar-refractivity contribution in [3.05, 3.63) is 124 Å². The maximum Gasteiger partial charge on any atom is 0.0499 e. The van der Waals surface area contributed by atoms with Crippen molar-refractivity contribution in [3.63, 3.8) is 0 Å². The molecule has 3 atom stereocenters. The van der Waals surface area contributed by atoms with E-state index in [1.165, 1.54) is 66.9 Å². The van der Waals surface area contributed by atoms with E-state index in [2.05, 4.69) is 182 Å². The topological polar surface area (TPSA) is 64.8 Å². The summed E-state index contributed by atoms with van der Waals surface area (Å²) < 4.78 is 0. The van der Waals surface area contributed by atoms with Crippen molar-refractivity contribution in [2.24, 2.45) is 0 Å². The average Bonchev–Trinajstić information content (AvgIpc) is 3.97. The number of aromatic nitrogens is 1. The Balaban J connectivity index is 1.29. The van der Waals surface area contributed by atoms with Crippen LogP contribution in [0, 0.1) is 0 Å². The van der Waals surface area contributed by atoms with Crippen molar-refractivity contribution in [3.8, 4) is 0 Å². The third kappa shape index (κ3) is 6.48. The number of nitrogens with one attached hydrogen (secondary N) is 4. The van der Waals surface area contributed by atoms with E-state index in [0.717, 1.165) is 71.5 Å². The van der Waals surface area contributed by atoms with Gasteiger partial charge in [-0.3, -0.25) is 0 Å². The number of rotatable bonds is 15. The number of hydrogen-bond donors (Lipinski definition) is 4. The molecule has 0 fully saturated rings. The van der Waals surface area contributed by atoms with Gasteiger partial charge >= 0.3 is 0 Å². The zero-order chi connectivity index (χ0) is 39.2. The number of para-hydroxylation sites is 4. The molecule has 0 bridgehead atoms. The first kappa shape index (κ1) is 38.5. The number of benzene rings is 4. The Labute approximate surface area is 335 Å². The summed E-state index contributed by atoms with van der Waals surface area (Å²) in [7, 11) is 17.6. The Morgan fingerprint density at radius 1 is 0.464 bits per heavy atom. The normalized spacial score (nSPS) is 22.5. The number of aromatic amines is 1. The van der Waals surface area contributed by atoms with Crippen LogP contribution in [-0.4, -0.2) is 127 Å². The van der Waals surface area contributed by atoms with Crippen LogP contribution in [-0.2, 0) is 22.7 Å². The molecular weight excluding hydrogens is 689 g/mol. The van der Waals surface area contributed by atoms with Gasteiger partial charge in [-0.2, -0.15) is 0 Å². The molecule has 5 aromatic rings. The summed E-state index contributed by atoms with van der Waals surface area (Å²) in [6, 6.07) is 30.4. The second-order valence-electron chi connectivity index (χ2n) is 18.1. The molecule has 1 aromatic heterocycles. The first-order valence-corrected chi connectivity index (χ1v) is 20.8. The number of anilines is 3. The minimum Gasteiger partial charge on any atom is -0.384 e. The van der Waals surface area contributed by atoms with E-state index in [0.29, 0.717) is 0 Å². The van der Waals surface area contributed by atoms with Gasteiger partial charge in [-0.05, 0) is 147 Å². The Morgan fingerprint density at radius 3 is 1.43 bits per heavy atom. The van der Waals surface area contributed by atoms with Crippen molar-refractivity contribution in [2.45, 2.75) is 41.9 Å². The van der Waals surface area contributed by atoms with Gasteiger partial charge in [0.15, 0.2) is 0 Å². The largest absolute Gasteiger partial charge is 0.384 e. The van der Waals surface area contributed by atoms with Gasteiger partial charge in [0.2, 0.25) is 0 Å². The van der Waals surface area contributed by atoms with E-state index < -0.39 is 0 Å². The first-order valence-electron chi connectivity index (χ1n) is 20.8. The highest BCUT2D eigenvalue weighted by atomic mass is 15.1. The van der Waals surface area contributed by atoms with Crippen LogP contribution in [0.5, 0.6) is 0 Å². The molecule has 0 saturated heterocycles. The molecule has 8 heteroatoms. The Morgan fingerprint density at radius 2 is 0.893 bits per heavy atom. The van der Waals surface area contributed by atoms with E-state index in [1.807, 2.05) is 0 Å². The van der Waals surface area contributed by atoms with E-state index >= 15 is 0 Å². The maximum atomic E-state index is 4.14. The summed E-state index contributed by atoms with van der Waals surface area (Å²) in [5.41, 5.74) is 14.6. The summed E-state index contributed by atoms with van der Waals surface area (Å²) >= 11 is 0. The van der Waals surface area contributed by atoms with Crippen molar-refractivity contribution in [2.75, 3.05) is 118 Å². The van der Waals surface area contributed by atoms with E-state index in [-0.39, 0.29) is 16.2 Å². The lowest BCUT2D eigenvalue weighted by Gasteiger charge is -2.36. The van der Waals surface area contributed by atoms with Crippen LogP contribution in [0.2, 0.25) is 0 Å².